The molecule has 0 radical (unpaired) electrons. The van der Waals surface area contributed by atoms with Crippen LogP contribution in [-0.2, 0) is 10.8 Å². The molecule has 0 unspecified atom stereocenters. The third-order valence-electron chi connectivity index (χ3n) is 6.41. The molecule has 3 aromatic carbocycles. The molecular weight excluding hydrogens is 440 g/mol. The van der Waals surface area contributed by atoms with Crippen molar-refractivity contribution in [3.8, 4) is 45.3 Å². The Bertz CT molecular complexity index is 1370. The zero-order valence-electron chi connectivity index (χ0n) is 22.0. The van der Waals surface area contributed by atoms with E-state index in [4.69, 9.17) is 9.97 Å². The topological polar surface area (TPSA) is 57.4 Å². The van der Waals surface area contributed by atoms with E-state index in [0.717, 1.165) is 56.7 Å². The molecule has 0 fully saturated rings. The molecule has 0 bridgehead atoms. The average Bonchev–Trinajstić information content (AvgIpc) is 3.51. The number of H-pyrrole nitrogens is 2. The Hall–Kier alpha value is -3.92. The highest BCUT2D eigenvalue weighted by Gasteiger charge is 2.26. The molecule has 0 aliphatic carbocycles. The summed E-state index contributed by atoms with van der Waals surface area (Å²) in [7, 11) is 0. The fraction of sp³-hybridized carbons (Fsp3) is 0.250. The highest BCUT2D eigenvalue weighted by molar-refractivity contribution is 5.76. The minimum atomic E-state index is -0.0885. The SMILES string of the molecule is CC(C)(C)c1[nH]c(-c2ccccc2)nc1-c1cccc(-c2nc(-c3ccccc3)[nH]c2C(C)(C)C)c1. The molecule has 2 N–H and O–H groups in total. The number of benzene rings is 3. The minimum absolute atomic E-state index is 0.0885. The van der Waals surface area contributed by atoms with Gasteiger partial charge in [0.05, 0.1) is 11.4 Å². The Balaban J connectivity index is 1.65. The third kappa shape index (κ3) is 4.64. The predicted octanol–water partition coefficient (Wildman–Crippen LogP) is 8.40. The van der Waals surface area contributed by atoms with Gasteiger partial charge in [-0.3, -0.25) is 0 Å². The molecule has 4 heteroatoms. The van der Waals surface area contributed by atoms with Gasteiger partial charge in [0.25, 0.3) is 0 Å². The quantitative estimate of drug-likeness (QED) is 0.275. The molecule has 5 rings (SSSR count). The molecule has 0 saturated heterocycles. The number of aromatic amines is 2. The van der Waals surface area contributed by atoms with Crippen LogP contribution in [0.2, 0.25) is 0 Å². The van der Waals surface area contributed by atoms with Crippen molar-refractivity contribution in [3.05, 3.63) is 96.3 Å². The van der Waals surface area contributed by atoms with E-state index in [2.05, 4.69) is 100 Å². The lowest BCUT2D eigenvalue weighted by atomic mass is 9.87. The maximum Gasteiger partial charge on any atom is 0.138 e. The number of hydrogen-bond acceptors (Lipinski definition) is 2. The standard InChI is InChI=1S/C32H34N4/c1-31(2,3)27-25(33-29(35-27)21-14-9-7-10-15-21)23-18-13-19-24(20-23)26-28(32(4,5)6)36-30(34-26)22-16-11-8-12-17-22/h7-20H,1-6H3,(H,33,35)(H,34,36). The molecule has 0 amide bonds. The second kappa shape index (κ2) is 8.94. The second-order valence-electron chi connectivity index (χ2n) is 11.4. The molecule has 0 aliphatic rings. The lowest BCUT2D eigenvalue weighted by Gasteiger charge is -2.19. The van der Waals surface area contributed by atoms with Gasteiger partial charge in [-0.2, -0.15) is 0 Å². The van der Waals surface area contributed by atoms with Gasteiger partial charge < -0.3 is 9.97 Å². The average molecular weight is 475 g/mol. The van der Waals surface area contributed by atoms with Crippen LogP contribution in [0.5, 0.6) is 0 Å². The second-order valence-corrected chi connectivity index (χ2v) is 11.4. The molecule has 2 aromatic heterocycles. The zero-order chi connectivity index (χ0) is 25.5. The summed E-state index contributed by atoms with van der Waals surface area (Å²) in [6, 6.07) is 29.2. The first-order chi connectivity index (χ1) is 17.1. The van der Waals surface area contributed by atoms with Crippen molar-refractivity contribution in [3.63, 3.8) is 0 Å². The lowest BCUT2D eigenvalue weighted by molar-refractivity contribution is 0.574. The first-order valence-corrected chi connectivity index (χ1v) is 12.5. The molecule has 0 atom stereocenters. The maximum absolute atomic E-state index is 5.09. The van der Waals surface area contributed by atoms with E-state index >= 15 is 0 Å². The fourth-order valence-corrected chi connectivity index (χ4v) is 4.53. The molecule has 0 saturated carbocycles. The normalized spacial score (nSPS) is 12.2. The number of aromatic nitrogens is 4. The van der Waals surface area contributed by atoms with Crippen LogP contribution < -0.4 is 0 Å². The van der Waals surface area contributed by atoms with Gasteiger partial charge in [-0.15, -0.1) is 0 Å². The van der Waals surface area contributed by atoms with E-state index in [1.807, 2.05) is 36.4 Å². The van der Waals surface area contributed by atoms with Crippen molar-refractivity contribution in [2.45, 2.75) is 52.4 Å². The number of nitrogens with one attached hydrogen (secondary N) is 2. The zero-order valence-corrected chi connectivity index (χ0v) is 22.0. The van der Waals surface area contributed by atoms with Crippen molar-refractivity contribution < 1.29 is 0 Å². The van der Waals surface area contributed by atoms with Crippen LogP contribution in [0.3, 0.4) is 0 Å². The minimum Gasteiger partial charge on any atom is -0.341 e. The highest BCUT2D eigenvalue weighted by atomic mass is 15.0. The molecule has 36 heavy (non-hydrogen) atoms. The van der Waals surface area contributed by atoms with Crippen LogP contribution in [0.1, 0.15) is 52.9 Å². The molecule has 2 heterocycles. The predicted molar refractivity (Wildman–Crippen MR) is 150 cm³/mol. The van der Waals surface area contributed by atoms with Crippen molar-refractivity contribution >= 4 is 0 Å². The number of hydrogen-bond donors (Lipinski definition) is 2. The van der Waals surface area contributed by atoms with Gasteiger partial charge in [0.2, 0.25) is 0 Å². The van der Waals surface area contributed by atoms with Crippen molar-refractivity contribution in [2.24, 2.45) is 0 Å². The molecular formula is C32H34N4. The summed E-state index contributed by atoms with van der Waals surface area (Å²) in [5.41, 5.74) is 8.38. The van der Waals surface area contributed by atoms with Crippen LogP contribution in [0, 0.1) is 0 Å². The first kappa shape index (κ1) is 23.8. The molecule has 0 spiro atoms. The summed E-state index contributed by atoms with van der Waals surface area (Å²) in [6.45, 7) is 13.3. The van der Waals surface area contributed by atoms with Crippen LogP contribution in [0.25, 0.3) is 45.3 Å². The Labute approximate surface area is 213 Å². The smallest absolute Gasteiger partial charge is 0.138 e. The van der Waals surface area contributed by atoms with Crippen molar-refractivity contribution in [1.29, 1.82) is 0 Å². The Morgan fingerprint density at radius 2 is 0.833 bits per heavy atom. The molecule has 0 aliphatic heterocycles. The highest BCUT2D eigenvalue weighted by Crippen LogP contribution is 2.38. The summed E-state index contributed by atoms with van der Waals surface area (Å²) in [5, 5.41) is 0. The summed E-state index contributed by atoms with van der Waals surface area (Å²) in [6.07, 6.45) is 0. The number of rotatable bonds is 4. The lowest BCUT2D eigenvalue weighted by Crippen LogP contribution is -2.13. The van der Waals surface area contributed by atoms with Crippen LogP contribution >= 0.6 is 0 Å². The van der Waals surface area contributed by atoms with E-state index < -0.39 is 0 Å². The van der Waals surface area contributed by atoms with Gasteiger partial charge in [-0.25, -0.2) is 9.97 Å². The van der Waals surface area contributed by atoms with E-state index in [9.17, 15) is 0 Å². The molecule has 5 aromatic rings. The van der Waals surface area contributed by atoms with E-state index in [0.29, 0.717) is 0 Å². The van der Waals surface area contributed by atoms with Gasteiger partial charge in [0, 0.05) is 44.5 Å². The van der Waals surface area contributed by atoms with Crippen molar-refractivity contribution in [2.75, 3.05) is 0 Å². The number of nitrogens with zero attached hydrogens (tertiary/aromatic N) is 2. The van der Waals surface area contributed by atoms with Gasteiger partial charge in [0.15, 0.2) is 0 Å². The summed E-state index contributed by atoms with van der Waals surface area (Å²) in [5.74, 6) is 1.78. The summed E-state index contributed by atoms with van der Waals surface area (Å²) in [4.78, 5) is 17.4. The Morgan fingerprint density at radius 1 is 0.472 bits per heavy atom. The van der Waals surface area contributed by atoms with E-state index in [1.165, 1.54) is 0 Å². The largest absolute Gasteiger partial charge is 0.341 e. The first-order valence-electron chi connectivity index (χ1n) is 12.5. The van der Waals surface area contributed by atoms with Crippen LogP contribution in [-0.4, -0.2) is 19.9 Å². The van der Waals surface area contributed by atoms with Crippen molar-refractivity contribution in [1.82, 2.24) is 19.9 Å². The van der Waals surface area contributed by atoms with Crippen LogP contribution in [0.4, 0.5) is 0 Å². The molecule has 182 valence electrons. The van der Waals surface area contributed by atoms with Gasteiger partial charge in [0.1, 0.15) is 11.6 Å². The van der Waals surface area contributed by atoms with Gasteiger partial charge in [-0.05, 0) is 6.07 Å². The van der Waals surface area contributed by atoms with E-state index in [-0.39, 0.29) is 10.8 Å². The molecule has 4 nitrogen and oxygen atoms in total. The van der Waals surface area contributed by atoms with Gasteiger partial charge >= 0.3 is 0 Å². The third-order valence-corrected chi connectivity index (χ3v) is 6.41. The number of imidazole rings is 2. The summed E-state index contributed by atoms with van der Waals surface area (Å²) < 4.78 is 0. The Morgan fingerprint density at radius 3 is 1.19 bits per heavy atom. The fourth-order valence-electron chi connectivity index (χ4n) is 4.53. The summed E-state index contributed by atoms with van der Waals surface area (Å²) >= 11 is 0. The maximum atomic E-state index is 5.09. The van der Waals surface area contributed by atoms with E-state index in [1.54, 1.807) is 0 Å². The van der Waals surface area contributed by atoms with Gasteiger partial charge in [-0.1, -0.05) is 120 Å². The Kier molecular flexibility index (Phi) is 5.91. The monoisotopic (exact) mass is 474 g/mol. The van der Waals surface area contributed by atoms with Crippen LogP contribution in [0.15, 0.2) is 84.9 Å².